The standard InChI is InChI=1S/C14H25NO3/c1-11(2)7-13(12(3)4)9-18-10-14(17)8-15-5-6-16/h5,7,14,16-17H,6,8-10H2,1-4H3/b15-5+. The van der Waals surface area contributed by atoms with E-state index in [1.165, 1.54) is 17.4 Å². The van der Waals surface area contributed by atoms with Gasteiger partial charge in [-0.1, -0.05) is 17.2 Å². The molecule has 0 heterocycles. The van der Waals surface area contributed by atoms with Gasteiger partial charge in [0.05, 0.1) is 32.5 Å². The van der Waals surface area contributed by atoms with Gasteiger partial charge in [-0.25, -0.2) is 0 Å². The molecular formula is C14H25NO3. The van der Waals surface area contributed by atoms with E-state index in [0.29, 0.717) is 6.61 Å². The van der Waals surface area contributed by atoms with Crippen LogP contribution in [0.1, 0.15) is 27.7 Å². The van der Waals surface area contributed by atoms with Gasteiger partial charge in [-0.3, -0.25) is 4.99 Å². The molecule has 4 heteroatoms. The Hall–Kier alpha value is -0.970. The summed E-state index contributed by atoms with van der Waals surface area (Å²) in [7, 11) is 0. The quantitative estimate of drug-likeness (QED) is 0.513. The fraction of sp³-hybridized carbons (Fsp3) is 0.643. The van der Waals surface area contributed by atoms with E-state index in [1.807, 2.05) is 27.7 Å². The summed E-state index contributed by atoms with van der Waals surface area (Å²) in [5.74, 6) is 0. The molecule has 18 heavy (non-hydrogen) atoms. The Labute approximate surface area is 110 Å². The predicted octanol–water partition coefficient (Wildman–Crippen LogP) is 1.73. The topological polar surface area (TPSA) is 62.0 Å². The molecule has 0 rings (SSSR count). The second-order valence-electron chi connectivity index (χ2n) is 4.65. The summed E-state index contributed by atoms with van der Waals surface area (Å²) in [5, 5.41) is 18.1. The van der Waals surface area contributed by atoms with Crippen molar-refractivity contribution in [3.8, 4) is 0 Å². The highest BCUT2D eigenvalue weighted by molar-refractivity contribution is 5.57. The number of aliphatic hydroxyl groups excluding tert-OH is 2. The molecule has 4 nitrogen and oxygen atoms in total. The van der Waals surface area contributed by atoms with Crippen molar-refractivity contribution in [3.05, 3.63) is 22.8 Å². The van der Waals surface area contributed by atoms with Crippen molar-refractivity contribution in [1.29, 1.82) is 0 Å². The Balaban J connectivity index is 4.05. The van der Waals surface area contributed by atoms with Gasteiger partial charge in [0, 0.05) is 6.21 Å². The van der Waals surface area contributed by atoms with Crippen LogP contribution in [0.3, 0.4) is 0 Å². The zero-order valence-electron chi connectivity index (χ0n) is 11.8. The second kappa shape index (κ2) is 10.00. The highest BCUT2D eigenvalue weighted by atomic mass is 16.5. The molecule has 1 atom stereocenters. The molecule has 0 spiro atoms. The summed E-state index contributed by atoms with van der Waals surface area (Å²) in [6.45, 7) is 9.07. The summed E-state index contributed by atoms with van der Waals surface area (Å²) >= 11 is 0. The van der Waals surface area contributed by atoms with E-state index in [9.17, 15) is 5.11 Å². The molecule has 0 aromatic rings. The lowest BCUT2D eigenvalue weighted by Gasteiger charge is -2.11. The van der Waals surface area contributed by atoms with Crippen molar-refractivity contribution in [2.45, 2.75) is 33.8 Å². The molecule has 0 aromatic carbocycles. The summed E-state index contributed by atoms with van der Waals surface area (Å²) in [4.78, 5) is 3.84. The minimum absolute atomic E-state index is 0.101. The molecular weight excluding hydrogens is 230 g/mol. The lowest BCUT2D eigenvalue weighted by Crippen LogP contribution is -2.19. The predicted molar refractivity (Wildman–Crippen MR) is 75.1 cm³/mol. The fourth-order valence-electron chi connectivity index (χ4n) is 1.29. The van der Waals surface area contributed by atoms with Gasteiger partial charge in [-0.05, 0) is 33.3 Å². The van der Waals surface area contributed by atoms with Crippen LogP contribution in [0.15, 0.2) is 27.8 Å². The average Bonchev–Trinajstić information content (AvgIpc) is 2.27. The lowest BCUT2D eigenvalue weighted by atomic mass is 10.1. The van der Waals surface area contributed by atoms with Crippen LogP contribution >= 0.6 is 0 Å². The number of hydrogen-bond acceptors (Lipinski definition) is 4. The van der Waals surface area contributed by atoms with Crippen molar-refractivity contribution in [2.24, 2.45) is 4.99 Å². The molecule has 0 amide bonds. The van der Waals surface area contributed by atoms with Gasteiger partial charge in [-0.15, -0.1) is 0 Å². The Bertz CT molecular complexity index is 311. The Morgan fingerprint density at radius 2 is 1.94 bits per heavy atom. The minimum Gasteiger partial charge on any atom is -0.391 e. The third-order valence-electron chi connectivity index (χ3n) is 2.20. The van der Waals surface area contributed by atoms with Gasteiger partial charge in [0.25, 0.3) is 0 Å². The molecule has 0 aliphatic carbocycles. The minimum atomic E-state index is -0.627. The van der Waals surface area contributed by atoms with Crippen LogP contribution in [0.4, 0.5) is 0 Å². The number of aliphatic hydroxyl groups is 2. The molecule has 104 valence electrons. The molecule has 1 unspecified atom stereocenters. The molecule has 0 radical (unpaired) electrons. The lowest BCUT2D eigenvalue weighted by molar-refractivity contribution is 0.0524. The maximum Gasteiger partial charge on any atom is 0.0968 e. The van der Waals surface area contributed by atoms with Crippen molar-refractivity contribution in [3.63, 3.8) is 0 Å². The van der Waals surface area contributed by atoms with Crippen LogP contribution in [0.25, 0.3) is 0 Å². The maximum atomic E-state index is 9.56. The van der Waals surface area contributed by atoms with E-state index < -0.39 is 6.10 Å². The molecule has 0 aliphatic heterocycles. The van der Waals surface area contributed by atoms with Crippen LogP contribution in [0.2, 0.25) is 0 Å². The Morgan fingerprint density at radius 1 is 1.28 bits per heavy atom. The monoisotopic (exact) mass is 255 g/mol. The molecule has 0 bridgehead atoms. The SMILES string of the molecule is CC(C)=CC(COCC(O)C/N=C/CO)=C(C)C. The molecule has 0 saturated carbocycles. The molecule has 2 N–H and O–H groups in total. The van der Waals surface area contributed by atoms with Gasteiger partial charge >= 0.3 is 0 Å². The van der Waals surface area contributed by atoms with Crippen molar-refractivity contribution in [2.75, 3.05) is 26.4 Å². The van der Waals surface area contributed by atoms with E-state index in [-0.39, 0.29) is 19.8 Å². The van der Waals surface area contributed by atoms with Crippen LogP contribution in [-0.2, 0) is 4.74 Å². The maximum absolute atomic E-state index is 9.56. The van der Waals surface area contributed by atoms with Crippen molar-refractivity contribution in [1.82, 2.24) is 0 Å². The Kier molecular flexibility index (Phi) is 9.46. The van der Waals surface area contributed by atoms with Crippen LogP contribution in [-0.4, -0.2) is 48.9 Å². The first-order valence-corrected chi connectivity index (χ1v) is 6.13. The summed E-state index contributed by atoms with van der Waals surface area (Å²) in [5.41, 5.74) is 3.58. The van der Waals surface area contributed by atoms with E-state index in [1.54, 1.807) is 0 Å². The van der Waals surface area contributed by atoms with Crippen molar-refractivity contribution >= 4 is 6.21 Å². The summed E-state index contributed by atoms with van der Waals surface area (Å²) in [6, 6.07) is 0. The van der Waals surface area contributed by atoms with Gasteiger partial charge in [0.15, 0.2) is 0 Å². The van der Waals surface area contributed by atoms with Gasteiger partial charge in [0.1, 0.15) is 0 Å². The largest absolute Gasteiger partial charge is 0.391 e. The van der Waals surface area contributed by atoms with Gasteiger partial charge < -0.3 is 14.9 Å². The van der Waals surface area contributed by atoms with Crippen LogP contribution in [0.5, 0.6) is 0 Å². The first kappa shape index (κ1) is 17.0. The molecule has 0 saturated heterocycles. The number of allylic oxidation sites excluding steroid dienone is 2. The first-order valence-electron chi connectivity index (χ1n) is 6.13. The molecule has 0 aromatic heterocycles. The summed E-state index contributed by atoms with van der Waals surface area (Å²) < 4.78 is 5.46. The zero-order chi connectivity index (χ0) is 14.0. The van der Waals surface area contributed by atoms with Crippen LogP contribution < -0.4 is 0 Å². The first-order chi connectivity index (χ1) is 8.47. The highest BCUT2D eigenvalue weighted by Crippen LogP contribution is 2.09. The van der Waals surface area contributed by atoms with E-state index in [0.717, 1.165) is 5.57 Å². The van der Waals surface area contributed by atoms with E-state index in [4.69, 9.17) is 9.84 Å². The number of ether oxygens (including phenoxy) is 1. The second-order valence-corrected chi connectivity index (χ2v) is 4.65. The van der Waals surface area contributed by atoms with Gasteiger partial charge in [0.2, 0.25) is 0 Å². The highest BCUT2D eigenvalue weighted by Gasteiger charge is 2.04. The normalized spacial score (nSPS) is 12.6. The fourth-order valence-corrected chi connectivity index (χ4v) is 1.29. The third kappa shape index (κ3) is 9.10. The number of aliphatic imine (C=N–C) groups is 1. The zero-order valence-corrected chi connectivity index (χ0v) is 11.8. The smallest absolute Gasteiger partial charge is 0.0968 e. The van der Waals surface area contributed by atoms with E-state index >= 15 is 0 Å². The van der Waals surface area contributed by atoms with Crippen LogP contribution in [0, 0.1) is 0 Å². The van der Waals surface area contributed by atoms with E-state index in [2.05, 4.69) is 11.1 Å². The number of rotatable bonds is 8. The third-order valence-corrected chi connectivity index (χ3v) is 2.20. The number of hydrogen-bond donors (Lipinski definition) is 2. The average molecular weight is 255 g/mol. The van der Waals surface area contributed by atoms with Crippen molar-refractivity contribution < 1.29 is 14.9 Å². The Morgan fingerprint density at radius 3 is 2.44 bits per heavy atom. The molecule has 0 aliphatic rings. The molecule has 0 fully saturated rings. The summed E-state index contributed by atoms with van der Waals surface area (Å²) in [6.07, 6.45) is 2.83. The number of nitrogens with zero attached hydrogens (tertiary/aromatic N) is 1. The van der Waals surface area contributed by atoms with Gasteiger partial charge in [-0.2, -0.15) is 0 Å².